The molecule has 0 unspecified atom stereocenters. The highest BCUT2D eigenvalue weighted by Gasteiger charge is 2.18. The monoisotopic (exact) mass is 262 g/mol. The molecule has 0 aliphatic rings. The molecule has 0 saturated carbocycles. The van der Waals surface area contributed by atoms with E-state index < -0.39 is 26.6 Å². The van der Waals surface area contributed by atoms with Gasteiger partial charge in [-0.05, 0) is 18.2 Å². The van der Waals surface area contributed by atoms with E-state index in [-0.39, 0.29) is 13.1 Å². The van der Waals surface area contributed by atoms with Crippen LogP contribution in [0, 0.1) is 11.6 Å². The molecule has 7 heteroatoms. The van der Waals surface area contributed by atoms with Gasteiger partial charge >= 0.3 is 0 Å². The molecule has 0 heterocycles. The van der Waals surface area contributed by atoms with Crippen molar-refractivity contribution < 1.29 is 17.2 Å². The van der Waals surface area contributed by atoms with Crippen LogP contribution in [-0.2, 0) is 10.0 Å². The van der Waals surface area contributed by atoms with Gasteiger partial charge in [0.1, 0.15) is 16.5 Å². The zero-order chi connectivity index (χ0) is 12.9. The lowest BCUT2D eigenvalue weighted by atomic mass is 10.3. The molecule has 1 rings (SSSR count). The number of nitrogens with one attached hydrogen (secondary N) is 1. The van der Waals surface area contributed by atoms with Crippen molar-refractivity contribution in [1.82, 2.24) is 4.72 Å². The van der Waals surface area contributed by atoms with Gasteiger partial charge in [0.15, 0.2) is 0 Å². The van der Waals surface area contributed by atoms with E-state index in [1.165, 1.54) is 6.08 Å². The maximum Gasteiger partial charge on any atom is 0.243 e. The highest BCUT2D eigenvalue weighted by Crippen LogP contribution is 2.15. The number of nitrogens with two attached hydrogens (primary N) is 1. The fourth-order valence-corrected chi connectivity index (χ4v) is 2.16. The van der Waals surface area contributed by atoms with Crippen molar-refractivity contribution in [2.45, 2.75) is 4.90 Å². The fraction of sp³-hybridized carbons (Fsp3) is 0.200. The molecule has 0 aromatic heterocycles. The van der Waals surface area contributed by atoms with Crippen LogP contribution in [0.3, 0.4) is 0 Å². The minimum Gasteiger partial charge on any atom is -0.327 e. The summed E-state index contributed by atoms with van der Waals surface area (Å²) in [6.07, 6.45) is 3.03. The van der Waals surface area contributed by atoms with Crippen molar-refractivity contribution >= 4 is 10.0 Å². The van der Waals surface area contributed by atoms with Gasteiger partial charge in [-0.1, -0.05) is 12.2 Å². The average molecular weight is 262 g/mol. The Kier molecular flexibility index (Phi) is 4.73. The molecule has 17 heavy (non-hydrogen) atoms. The fourth-order valence-electron chi connectivity index (χ4n) is 1.10. The molecule has 4 nitrogen and oxygen atoms in total. The van der Waals surface area contributed by atoms with Gasteiger partial charge in [-0.25, -0.2) is 21.9 Å². The summed E-state index contributed by atoms with van der Waals surface area (Å²) in [5, 5.41) is 0. The molecule has 0 atom stereocenters. The molecular formula is C10H12F2N2O2S. The van der Waals surface area contributed by atoms with E-state index in [1.807, 2.05) is 0 Å². The van der Waals surface area contributed by atoms with Gasteiger partial charge in [-0.3, -0.25) is 0 Å². The van der Waals surface area contributed by atoms with Crippen molar-refractivity contribution in [3.05, 3.63) is 42.0 Å². The molecular weight excluding hydrogens is 250 g/mol. The third-order valence-electron chi connectivity index (χ3n) is 1.88. The van der Waals surface area contributed by atoms with Gasteiger partial charge in [-0.15, -0.1) is 0 Å². The third kappa shape index (κ3) is 3.88. The average Bonchev–Trinajstić information content (AvgIpc) is 2.28. The standard InChI is InChI=1S/C10H12F2N2O2S/c11-8-3-4-9(12)10(7-8)17(15,16)14-6-2-1-5-13/h1-4,7,14H,5-6,13H2/b2-1+. The quantitative estimate of drug-likeness (QED) is 0.769. The van der Waals surface area contributed by atoms with Gasteiger partial charge in [0.05, 0.1) is 0 Å². The van der Waals surface area contributed by atoms with Crippen LogP contribution in [0.15, 0.2) is 35.2 Å². The Morgan fingerprint density at radius 2 is 2.00 bits per heavy atom. The summed E-state index contributed by atoms with van der Waals surface area (Å²) in [5.74, 6) is -1.81. The Labute approximate surface area is 98.2 Å². The predicted octanol–water partition coefficient (Wildman–Crippen LogP) is 0.758. The molecule has 0 bridgehead atoms. The minimum atomic E-state index is -4.05. The first-order chi connectivity index (χ1) is 7.97. The summed E-state index contributed by atoms with van der Waals surface area (Å²) >= 11 is 0. The SMILES string of the molecule is NC/C=C/CNS(=O)(=O)c1cc(F)ccc1F. The van der Waals surface area contributed by atoms with E-state index >= 15 is 0 Å². The highest BCUT2D eigenvalue weighted by molar-refractivity contribution is 7.89. The molecule has 1 aromatic rings. The molecule has 3 N–H and O–H groups in total. The maximum absolute atomic E-state index is 13.2. The molecule has 0 aliphatic carbocycles. The van der Waals surface area contributed by atoms with Gasteiger partial charge in [0.2, 0.25) is 10.0 Å². The minimum absolute atomic E-state index is 0.0323. The summed E-state index contributed by atoms with van der Waals surface area (Å²) in [6.45, 7) is 0.242. The van der Waals surface area contributed by atoms with Crippen LogP contribution in [0.25, 0.3) is 0 Å². The molecule has 94 valence electrons. The number of sulfonamides is 1. The molecule has 0 spiro atoms. The molecule has 0 radical (unpaired) electrons. The second kappa shape index (κ2) is 5.85. The molecule has 0 amide bonds. The molecule has 0 saturated heterocycles. The lowest BCUT2D eigenvalue weighted by molar-refractivity contribution is 0.548. The first kappa shape index (κ1) is 13.8. The van der Waals surface area contributed by atoms with Crippen LogP contribution < -0.4 is 10.5 Å². The second-order valence-electron chi connectivity index (χ2n) is 3.13. The Bertz CT molecular complexity index is 515. The Morgan fingerprint density at radius 3 is 2.65 bits per heavy atom. The first-order valence-corrected chi connectivity index (χ1v) is 6.25. The third-order valence-corrected chi connectivity index (χ3v) is 3.32. The van der Waals surface area contributed by atoms with E-state index in [9.17, 15) is 17.2 Å². The zero-order valence-electron chi connectivity index (χ0n) is 8.86. The van der Waals surface area contributed by atoms with Gasteiger partial charge < -0.3 is 5.73 Å². The van der Waals surface area contributed by atoms with E-state index in [0.717, 1.165) is 12.1 Å². The molecule has 0 aliphatic heterocycles. The zero-order valence-corrected chi connectivity index (χ0v) is 9.68. The van der Waals surface area contributed by atoms with Crippen molar-refractivity contribution in [2.24, 2.45) is 5.73 Å². The Balaban J connectivity index is 2.89. The topological polar surface area (TPSA) is 72.2 Å². The van der Waals surface area contributed by atoms with Crippen LogP contribution in [0.5, 0.6) is 0 Å². The molecule has 0 fully saturated rings. The highest BCUT2D eigenvalue weighted by atomic mass is 32.2. The Hall–Kier alpha value is -1.31. The van der Waals surface area contributed by atoms with E-state index in [0.29, 0.717) is 6.07 Å². The van der Waals surface area contributed by atoms with E-state index in [1.54, 1.807) is 6.08 Å². The summed E-state index contributed by atoms with van der Waals surface area (Å²) in [4.78, 5) is -0.710. The van der Waals surface area contributed by atoms with Crippen molar-refractivity contribution in [2.75, 3.05) is 13.1 Å². The van der Waals surface area contributed by atoms with Crippen LogP contribution in [0.2, 0.25) is 0 Å². The van der Waals surface area contributed by atoms with E-state index in [2.05, 4.69) is 4.72 Å². The maximum atomic E-state index is 13.2. The number of halogens is 2. The normalized spacial score (nSPS) is 12.2. The smallest absolute Gasteiger partial charge is 0.243 e. The summed E-state index contributed by atoms with van der Waals surface area (Å²) in [6, 6.07) is 2.24. The van der Waals surface area contributed by atoms with Crippen LogP contribution in [0.4, 0.5) is 8.78 Å². The molecule has 1 aromatic carbocycles. The predicted molar refractivity (Wildman–Crippen MR) is 59.7 cm³/mol. The van der Waals surface area contributed by atoms with Gasteiger partial charge in [0, 0.05) is 13.1 Å². The van der Waals surface area contributed by atoms with Crippen LogP contribution in [0.1, 0.15) is 0 Å². The van der Waals surface area contributed by atoms with Crippen molar-refractivity contribution in [3.8, 4) is 0 Å². The largest absolute Gasteiger partial charge is 0.327 e. The number of hydrogen-bond acceptors (Lipinski definition) is 3. The van der Waals surface area contributed by atoms with Gasteiger partial charge in [-0.2, -0.15) is 0 Å². The lowest BCUT2D eigenvalue weighted by Crippen LogP contribution is -2.25. The number of rotatable bonds is 5. The number of hydrogen-bond donors (Lipinski definition) is 2. The van der Waals surface area contributed by atoms with Crippen molar-refractivity contribution in [3.63, 3.8) is 0 Å². The summed E-state index contributed by atoms with van der Waals surface area (Å²) < 4.78 is 51.3. The van der Waals surface area contributed by atoms with Crippen molar-refractivity contribution in [1.29, 1.82) is 0 Å². The Morgan fingerprint density at radius 1 is 1.29 bits per heavy atom. The first-order valence-electron chi connectivity index (χ1n) is 4.77. The summed E-state index contributed by atoms with van der Waals surface area (Å²) in [5.41, 5.74) is 5.16. The van der Waals surface area contributed by atoms with E-state index in [4.69, 9.17) is 5.73 Å². The number of benzene rings is 1. The lowest BCUT2D eigenvalue weighted by Gasteiger charge is -2.05. The summed E-state index contributed by atoms with van der Waals surface area (Å²) in [7, 11) is -4.05. The van der Waals surface area contributed by atoms with Gasteiger partial charge in [0.25, 0.3) is 0 Å². The van der Waals surface area contributed by atoms with Crippen LogP contribution >= 0.6 is 0 Å². The van der Waals surface area contributed by atoms with Crippen LogP contribution in [-0.4, -0.2) is 21.5 Å². The second-order valence-corrected chi connectivity index (χ2v) is 4.87.